The van der Waals surface area contributed by atoms with E-state index in [1.165, 1.54) is 57.8 Å². The molecule has 2 aromatic rings. The van der Waals surface area contributed by atoms with Gasteiger partial charge in [-0.05, 0) is 64.5 Å². The summed E-state index contributed by atoms with van der Waals surface area (Å²) in [6, 6.07) is 7.01. The van der Waals surface area contributed by atoms with Crippen LogP contribution in [-0.4, -0.2) is 79.9 Å². The molecule has 3 aliphatic rings. The van der Waals surface area contributed by atoms with Gasteiger partial charge in [-0.15, -0.1) is 14.0 Å². The molecule has 3 aliphatic heterocycles. The highest BCUT2D eigenvalue weighted by Crippen LogP contribution is 2.71. The van der Waals surface area contributed by atoms with Crippen molar-refractivity contribution < 1.29 is 20.4 Å². The van der Waals surface area contributed by atoms with E-state index in [0.29, 0.717) is 11.1 Å². The second-order valence-corrected chi connectivity index (χ2v) is 15.2. The smallest absolute Gasteiger partial charge is 0.228 e. The van der Waals surface area contributed by atoms with Gasteiger partial charge in [0.15, 0.2) is 0 Å². The number of hydrogen-bond acceptors (Lipinski definition) is 7. The van der Waals surface area contributed by atoms with E-state index in [0.717, 1.165) is 56.6 Å². The van der Waals surface area contributed by atoms with Gasteiger partial charge in [0.2, 0.25) is 7.71 Å². The topological polar surface area (TPSA) is 90.6 Å². The number of nitrogens with zero attached hydrogens (tertiary/aromatic N) is 3. The Morgan fingerprint density at radius 1 is 0.564 bits per heavy atom. The van der Waals surface area contributed by atoms with Crippen LogP contribution in [0.25, 0.3) is 0 Å². The van der Waals surface area contributed by atoms with Gasteiger partial charge in [0.25, 0.3) is 0 Å². The highest BCUT2D eigenvalue weighted by atomic mass is 31.2. The molecular formula is C31H47N3O4P+. The Hall–Kier alpha value is -2.05. The third kappa shape index (κ3) is 5.48. The zero-order chi connectivity index (χ0) is 27.6. The number of phenols is 4. The highest BCUT2D eigenvalue weighted by molar-refractivity contribution is 7.69. The van der Waals surface area contributed by atoms with Gasteiger partial charge in [-0.1, -0.05) is 31.4 Å². The molecule has 5 rings (SSSR count). The van der Waals surface area contributed by atoms with Gasteiger partial charge < -0.3 is 20.4 Å². The summed E-state index contributed by atoms with van der Waals surface area (Å²) in [5.41, 5.74) is 2.40. The zero-order valence-electron chi connectivity index (χ0n) is 23.8. The van der Waals surface area contributed by atoms with Crippen LogP contribution in [0.3, 0.4) is 0 Å². The van der Waals surface area contributed by atoms with E-state index < -0.39 is 7.71 Å². The lowest BCUT2D eigenvalue weighted by molar-refractivity contribution is 0.238. The minimum Gasteiger partial charge on any atom is -0.508 e. The molecule has 7 nitrogen and oxygen atoms in total. The number of hydrogen-bond donors (Lipinski definition) is 4. The predicted octanol–water partition coefficient (Wildman–Crippen LogP) is 6.48. The van der Waals surface area contributed by atoms with Crippen molar-refractivity contribution in [2.45, 2.75) is 77.6 Å². The maximum Gasteiger partial charge on any atom is 0.228 e. The first-order valence-electron chi connectivity index (χ1n) is 15.0. The van der Waals surface area contributed by atoms with Gasteiger partial charge in [0, 0.05) is 61.5 Å². The fourth-order valence-corrected chi connectivity index (χ4v) is 12.5. The van der Waals surface area contributed by atoms with Crippen LogP contribution in [0.2, 0.25) is 0 Å². The first-order valence-corrected chi connectivity index (χ1v) is 16.8. The van der Waals surface area contributed by atoms with Crippen molar-refractivity contribution in [2.24, 2.45) is 0 Å². The van der Waals surface area contributed by atoms with Crippen molar-refractivity contribution in [2.75, 3.05) is 45.4 Å². The van der Waals surface area contributed by atoms with Crippen LogP contribution in [0.15, 0.2) is 24.3 Å². The van der Waals surface area contributed by atoms with E-state index in [1.54, 1.807) is 26.0 Å². The summed E-state index contributed by atoms with van der Waals surface area (Å²) in [5.74, 6) is 0.0524. The monoisotopic (exact) mass is 556 g/mol. The Kier molecular flexibility index (Phi) is 8.92. The van der Waals surface area contributed by atoms with Crippen molar-refractivity contribution in [1.82, 2.24) is 14.0 Å². The molecule has 3 heterocycles. The standard InChI is InChI=1S/C31H46N3O4P/c1-23-28(35)14-12-25(30(23)37)27(26-13-15-29(36)24(2)31(26)38)22-39(32-16-6-3-7-17-32,33-18-8-4-9-19-33)34-20-10-5-11-21-34/h12-15,27H,3-11,16-22H2,1-2H3,(H3-,35,36,37,38)/p+1. The van der Waals surface area contributed by atoms with Crippen LogP contribution >= 0.6 is 7.71 Å². The van der Waals surface area contributed by atoms with Crippen molar-refractivity contribution in [3.8, 4) is 23.0 Å². The summed E-state index contributed by atoms with van der Waals surface area (Å²) in [6.07, 6.45) is 11.9. The number of rotatable bonds is 7. The van der Waals surface area contributed by atoms with Gasteiger partial charge >= 0.3 is 0 Å². The highest BCUT2D eigenvalue weighted by Gasteiger charge is 2.58. The summed E-state index contributed by atoms with van der Waals surface area (Å²) in [6.45, 7) is 10.0. The SMILES string of the molecule is Cc1c(O)ccc(C(C[P+](N2CCCCC2)(N2CCCCC2)N2CCCCC2)c2ccc(O)c(C)c2O)c1O. The van der Waals surface area contributed by atoms with E-state index in [4.69, 9.17) is 0 Å². The van der Waals surface area contributed by atoms with Gasteiger partial charge in [-0.2, -0.15) is 0 Å². The first-order chi connectivity index (χ1) is 18.8. The van der Waals surface area contributed by atoms with Crippen LogP contribution in [0.1, 0.15) is 86.0 Å². The fraction of sp³-hybridized carbons (Fsp3) is 0.613. The summed E-state index contributed by atoms with van der Waals surface area (Å²) >= 11 is 0. The number of phenolic OH excluding ortho intramolecular Hbond substituents is 4. The molecule has 2 aromatic carbocycles. The molecule has 214 valence electrons. The van der Waals surface area contributed by atoms with Crippen molar-refractivity contribution in [3.63, 3.8) is 0 Å². The molecule has 39 heavy (non-hydrogen) atoms. The minimum atomic E-state index is -2.05. The molecule has 3 saturated heterocycles. The van der Waals surface area contributed by atoms with E-state index in [2.05, 4.69) is 14.0 Å². The molecule has 0 unspecified atom stereocenters. The summed E-state index contributed by atoms with van der Waals surface area (Å²) in [4.78, 5) is 0. The first kappa shape index (κ1) is 28.5. The maximum absolute atomic E-state index is 11.4. The average molecular weight is 557 g/mol. The van der Waals surface area contributed by atoms with E-state index in [9.17, 15) is 20.4 Å². The molecule has 0 atom stereocenters. The molecule has 0 bridgehead atoms. The number of aromatic hydroxyl groups is 4. The van der Waals surface area contributed by atoms with E-state index >= 15 is 0 Å². The second-order valence-electron chi connectivity index (χ2n) is 11.8. The number of piperidine rings is 3. The van der Waals surface area contributed by atoms with Gasteiger partial charge in [-0.3, -0.25) is 0 Å². The summed E-state index contributed by atoms with van der Waals surface area (Å²) in [5, 5.41) is 43.7. The fourth-order valence-electron chi connectivity index (χ4n) is 7.07. The van der Waals surface area contributed by atoms with E-state index in [1.807, 2.05) is 12.1 Å². The lowest BCUT2D eigenvalue weighted by Gasteiger charge is -2.51. The van der Waals surface area contributed by atoms with Crippen molar-refractivity contribution in [3.05, 3.63) is 46.5 Å². The molecule has 4 N–H and O–H groups in total. The normalized spacial score (nSPS) is 20.5. The summed E-state index contributed by atoms with van der Waals surface area (Å²) < 4.78 is 8.48. The lowest BCUT2D eigenvalue weighted by Crippen LogP contribution is -2.51. The molecule has 0 saturated carbocycles. The van der Waals surface area contributed by atoms with Crippen molar-refractivity contribution >= 4 is 7.71 Å². The van der Waals surface area contributed by atoms with Crippen LogP contribution in [0, 0.1) is 13.8 Å². The molecule has 0 aliphatic carbocycles. The van der Waals surface area contributed by atoms with Crippen LogP contribution < -0.4 is 0 Å². The zero-order valence-corrected chi connectivity index (χ0v) is 24.7. The van der Waals surface area contributed by atoms with Crippen LogP contribution in [0.4, 0.5) is 0 Å². The third-order valence-corrected chi connectivity index (χ3v) is 14.2. The molecule has 0 aromatic heterocycles. The Bertz CT molecular complexity index is 1040. The van der Waals surface area contributed by atoms with E-state index in [-0.39, 0.29) is 28.9 Å². The van der Waals surface area contributed by atoms with Crippen LogP contribution in [-0.2, 0) is 0 Å². The molecule has 0 amide bonds. The second kappa shape index (κ2) is 12.2. The molecule has 0 spiro atoms. The van der Waals surface area contributed by atoms with Crippen LogP contribution in [0.5, 0.6) is 23.0 Å². The number of benzene rings is 2. The predicted molar refractivity (Wildman–Crippen MR) is 159 cm³/mol. The molecular weight excluding hydrogens is 509 g/mol. The minimum absolute atomic E-state index is 0.0743. The molecule has 3 fully saturated rings. The Labute approximate surface area is 234 Å². The Balaban J connectivity index is 1.71. The lowest BCUT2D eigenvalue weighted by atomic mass is 9.89. The Morgan fingerprint density at radius 3 is 1.23 bits per heavy atom. The maximum atomic E-state index is 11.4. The van der Waals surface area contributed by atoms with Gasteiger partial charge in [0.1, 0.15) is 29.2 Å². The van der Waals surface area contributed by atoms with Crippen molar-refractivity contribution in [1.29, 1.82) is 0 Å². The largest absolute Gasteiger partial charge is 0.508 e. The Morgan fingerprint density at radius 2 is 0.897 bits per heavy atom. The molecule has 0 radical (unpaired) electrons. The van der Waals surface area contributed by atoms with Gasteiger partial charge in [-0.25, -0.2) is 0 Å². The van der Waals surface area contributed by atoms with Gasteiger partial charge in [0.05, 0.1) is 5.92 Å². The summed E-state index contributed by atoms with van der Waals surface area (Å²) in [7, 11) is -2.05. The third-order valence-electron chi connectivity index (χ3n) is 9.40. The average Bonchev–Trinajstić information content (AvgIpc) is 2.98. The quantitative estimate of drug-likeness (QED) is 0.290. The molecule has 8 heteroatoms.